The fraction of sp³-hybridized carbons (Fsp3) is 0. The van der Waals surface area contributed by atoms with Gasteiger partial charge in [0.05, 0.1) is 0 Å². The van der Waals surface area contributed by atoms with Crippen molar-refractivity contribution in [3.05, 3.63) is 42.5 Å². The van der Waals surface area contributed by atoms with Gasteiger partial charge in [-0.15, -0.1) is 0 Å². The first-order valence-electron chi connectivity index (χ1n) is 3.99. The summed E-state index contributed by atoms with van der Waals surface area (Å²) in [6.07, 6.45) is 0. The van der Waals surface area contributed by atoms with Crippen molar-refractivity contribution in [3.63, 3.8) is 0 Å². The molecule has 2 radical (unpaired) electrons. The molecule has 0 unspecified atom stereocenters. The first kappa shape index (κ1) is 17.1. The van der Waals surface area contributed by atoms with Gasteiger partial charge in [-0.1, -0.05) is 36.4 Å². The van der Waals surface area contributed by atoms with E-state index < -0.39 is 21.8 Å². The van der Waals surface area contributed by atoms with E-state index in [0.717, 1.165) is 11.1 Å². The van der Waals surface area contributed by atoms with Crippen molar-refractivity contribution >= 4 is 124 Å². The average Bonchev–Trinajstić information content (AvgIpc) is 2.20. The molecule has 2 aromatic rings. The number of benzene rings is 2. The Morgan fingerprint density at radius 3 is 2.07 bits per heavy atom. The summed E-state index contributed by atoms with van der Waals surface area (Å²) in [4.78, 5) is 0. The van der Waals surface area contributed by atoms with E-state index in [1.54, 1.807) is 0 Å². The van der Waals surface area contributed by atoms with Crippen molar-refractivity contribution in [2.24, 2.45) is 0 Å². The Hall–Kier alpha value is 2.05. The van der Waals surface area contributed by atoms with Crippen LogP contribution in [-0.2, 0) is 0 Å². The predicted octanol–water partition coefficient (Wildman–Crippen LogP) is 2.77. The second kappa shape index (κ2) is 10.0. The maximum atomic E-state index is 5.76. The Labute approximate surface area is 168 Å². The van der Waals surface area contributed by atoms with E-state index in [1.807, 2.05) is 30.3 Å². The molecule has 15 heavy (non-hydrogen) atoms. The summed E-state index contributed by atoms with van der Waals surface area (Å²) < 4.78 is 0. The summed E-state index contributed by atoms with van der Waals surface area (Å²) in [5.74, 6) is 0. The van der Waals surface area contributed by atoms with Crippen molar-refractivity contribution < 1.29 is 0 Å². The van der Waals surface area contributed by atoms with Gasteiger partial charge in [0.2, 0.25) is 0 Å². The molecule has 0 aromatic heterocycles. The van der Waals surface area contributed by atoms with Crippen LogP contribution >= 0.6 is 16.6 Å². The average molecular weight is 555 g/mol. The van der Waals surface area contributed by atoms with E-state index >= 15 is 0 Å². The molecule has 0 aliphatic carbocycles. The molecule has 0 aliphatic heterocycles. The number of rotatable bonds is 0. The van der Waals surface area contributed by atoms with Gasteiger partial charge in [0.25, 0.3) is 0 Å². The van der Waals surface area contributed by atoms with Gasteiger partial charge in [-0.2, -0.15) is 0 Å². The van der Waals surface area contributed by atoms with Crippen molar-refractivity contribution in [3.8, 4) is 0 Å². The summed E-state index contributed by atoms with van der Waals surface area (Å²) in [6, 6.07) is 14.1. The van der Waals surface area contributed by atoms with E-state index in [-0.39, 0.29) is 68.9 Å². The zero-order valence-electron chi connectivity index (χ0n) is 7.37. The zero-order valence-corrected chi connectivity index (χ0v) is 12.8. The summed E-state index contributed by atoms with van der Waals surface area (Å²) in [6.45, 7) is 0. The maximum absolute atomic E-state index is 5.76. The van der Waals surface area contributed by atoms with Crippen LogP contribution in [0.5, 0.6) is 0 Å². The van der Waals surface area contributed by atoms with Gasteiger partial charge < -0.3 is 5.73 Å². The topological polar surface area (TPSA) is 26.0 Å². The van der Waals surface area contributed by atoms with E-state index in [2.05, 4.69) is 12.1 Å². The number of halogens is 2. The number of hydrogen-bond acceptors (Lipinski definition) is 1. The van der Waals surface area contributed by atoms with Gasteiger partial charge in [0.15, 0.2) is 0 Å². The molecule has 74 valence electrons. The van der Waals surface area contributed by atoms with Crippen LogP contribution in [0.4, 0.5) is 5.69 Å². The molecule has 2 rings (SSSR count). The van der Waals surface area contributed by atoms with E-state index in [0.29, 0.717) is 0 Å². The first-order chi connectivity index (χ1) is 6.79. The SMILES string of the molecule is Nc1cccc2ccccc12.[Cl][Pb][Cl].[CsH]. The summed E-state index contributed by atoms with van der Waals surface area (Å²) in [5, 5.41) is 2.34. The summed E-state index contributed by atoms with van der Waals surface area (Å²) >= 11 is -0.972. The van der Waals surface area contributed by atoms with Crippen LogP contribution in [-0.4, -0.2) is 90.7 Å². The third-order valence-corrected chi connectivity index (χ3v) is 1.82. The number of hydrogen-bond donors (Lipinski definition) is 1. The normalized spacial score (nSPS) is 8.67. The van der Waals surface area contributed by atoms with Crippen LogP contribution in [0.3, 0.4) is 0 Å². The van der Waals surface area contributed by atoms with E-state index in [1.165, 1.54) is 5.39 Å². The van der Waals surface area contributed by atoms with E-state index in [4.69, 9.17) is 22.4 Å². The van der Waals surface area contributed by atoms with Crippen LogP contribution in [0, 0.1) is 0 Å². The predicted molar refractivity (Wildman–Crippen MR) is 73.0 cm³/mol. The van der Waals surface area contributed by atoms with Crippen LogP contribution in [0.15, 0.2) is 42.5 Å². The zero-order chi connectivity index (χ0) is 10.4. The molecule has 5 heteroatoms. The van der Waals surface area contributed by atoms with Gasteiger partial charge >= 0.3 is 107 Å². The van der Waals surface area contributed by atoms with Crippen molar-refractivity contribution in [1.82, 2.24) is 0 Å². The molecule has 0 heterocycles. The quantitative estimate of drug-likeness (QED) is 0.393. The molecule has 0 fully saturated rings. The Kier molecular flexibility index (Phi) is 11.4. The summed E-state index contributed by atoms with van der Waals surface area (Å²) in [5.41, 5.74) is 6.61. The van der Waals surface area contributed by atoms with E-state index in [9.17, 15) is 0 Å². The molecule has 0 saturated carbocycles. The molecular formula is C10H10Cl2CsNPb. The molecular weight excluding hydrogens is 545 g/mol. The van der Waals surface area contributed by atoms with Crippen LogP contribution in [0.1, 0.15) is 0 Å². The minimum absolute atomic E-state index is 0. The standard InChI is InChI=1S/C10H9N.2ClH.Cs.Pb.H/c11-10-7-3-5-8-4-1-2-6-9(8)10;;;;;/h1-7H,11H2;2*1H;;;/q;;;;+2;/p-2. The van der Waals surface area contributed by atoms with Gasteiger partial charge in [0, 0.05) is 11.1 Å². The molecule has 0 spiro atoms. The Balaban J connectivity index is 0.000000443. The fourth-order valence-corrected chi connectivity index (χ4v) is 1.25. The Bertz CT molecular complexity index is 406. The van der Waals surface area contributed by atoms with Crippen molar-refractivity contribution in [2.45, 2.75) is 0 Å². The third-order valence-electron chi connectivity index (χ3n) is 1.82. The van der Waals surface area contributed by atoms with Gasteiger partial charge in [-0.3, -0.25) is 0 Å². The Morgan fingerprint density at radius 2 is 1.47 bits per heavy atom. The first-order valence-corrected chi connectivity index (χ1v) is 13.6. The third kappa shape index (κ3) is 5.97. The molecule has 0 bridgehead atoms. The second-order valence-corrected chi connectivity index (χ2v) is 8.21. The monoisotopic (exact) mass is 555 g/mol. The molecule has 2 N–H and O–H groups in total. The number of anilines is 1. The van der Waals surface area contributed by atoms with Crippen LogP contribution in [0.2, 0.25) is 0 Å². The summed E-state index contributed by atoms with van der Waals surface area (Å²) in [7, 11) is 9.92. The fourth-order valence-electron chi connectivity index (χ4n) is 1.25. The van der Waals surface area contributed by atoms with Gasteiger partial charge in [-0.05, 0) is 11.5 Å². The molecule has 0 aliphatic rings. The van der Waals surface area contributed by atoms with Crippen LogP contribution in [0.25, 0.3) is 10.8 Å². The van der Waals surface area contributed by atoms with Crippen LogP contribution < -0.4 is 5.73 Å². The van der Waals surface area contributed by atoms with Gasteiger partial charge in [0.1, 0.15) is 0 Å². The van der Waals surface area contributed by atoms with Gasteiger partial charge in [-0.25, -0.2) is 0 Å². The van der Waals surface area contributed by atoms with Crippen molar-refractivity contribution in [1.29, 1.82) is 0 Å². The molecule has 1 nitrogen and oxygen atoms in total. The molecule has 2 aromatic carbocycles. The number of nitrogen functional groups attached to an aromatic ring is 1. The number of fused-ring (bicyclic) bond motifs is 1. The molecule has 0 amide bonds. The number of nitrogens with two attached hydrogens (primary N) is 1. The molecule has 0 saturated heterocycles. The molecule has 0 atom stereocenters. The minimum atomic E-state index is -0.972. The van der Waals surface area contributed by atoms with Crippen molar-refractivity contribution in [2.75, 3.05) is 5.73 Å². The Morgan fingerprint density at radius 1 is 0.933 bits per heavy atom. The second-order valence-electron chi connectivity index (χ2n) is 2.64.